The molecule has 1 aromatic carbocycles. The van der Waals surface area contributed by atoms with E-state index in [1.807, 2.05) is 24.4 Å². The summed E-state index contributed by atoms with van der Waals surface area (Å²) in [5.41, 5.74) is 0.595. The van der Waals surface area contributed by atoms with Crippen LogP contribution in [0.2, 0.25) is 5.02 Å². The van der Waals surface area contributed by atoms with E-state index < -0.39 is 5.60 Å². The van der Waals surface area contributed by atoms with E-state index in [9.17, 15) is 5.11 Å². The Balaban J connectivity index is 2.29. The molecule has 2 rings (SSSR count). The van der Waals surface area contributed by atoms with Gasteiger partial charge in [0.25, 0.3) is 0 Å². The highest BCUT2D eigenvalue weighted by molar-refractivity contribution is 9.10. The molecule has 0 radical (unpaired) electrons. The molecule has 2 nitrogen and oxygen atoms in total. The number of rotatable bonds is 3. The second kappa shape index (κ2) is 5.29. The van der Waals surface area contributed by atoms with E-state index in [0.717, 1.165) is 20.7 Å². The second-order valence-electron chi connectivity index (χ2n) is 4.43. The third-order valence-electron chi connectivity index (χ3n) is 2.70. The Morgan fingerprint density at radius 3 is 2.78 bits per heavy atom. The summed E-state index contributed by atoms with van der Waals surface area (Å²) in [6, 6.07) is 5.51. The molecule has 0 fully saturated rings. The Morgan fingerprint density at radius 2 is 2.22 bits per heavy atom. The van der Waals surface area contributed by atoms with Crippen molar-refractivity contribution in [3.63, 3.8) is 0 Å². The number of aromatic nitrogens is 1. The van der Waals surface area contributed by atoms with Crippen LogP contribution in [0.1, 0.15) is 23.2 Å². The van der Waals surface area contributed by atoms with Gasteiger partial charge in [-0.25, -0.2) is 4.98 Å². The van der Waals surface area contributed by atoms with Crippen LogP contribution in [0.5, 0.6) is 0 Å². The maximum atomic E-state index is 10.6. The zero-order valence-corrected chi connectivity index (χ0v) is 13.2. The number of nitrogens with zero attached hydrogens (tertiary/aromatic N) is 1. The smallest absolute Gasteiger partial charge is 0.0938 e. The van der Waals surface area contributed by atoms with E-state index in [1.54, 1.807) is 24.3 Å². The number of hydrogen-bond donors (Lipinski definition) is 1. The van der Waals surface area contributed by atoms with Gasteiger partial charge in [0.15, 0.2) is 0 Å². The van der Waals surface area contributed by atoms with E-state index in [1.165, 1.54) is 0 Å². The third kappa shape index (κ3) is 3.12. The molecular formula is C13H13BrClNOS. The van der Waals surface area contributed by atoms with E-state index in [0.29, 0.717) is 11.4 Å². The Hall–Kier alpha value is -0.420. The number of halogens is 2. The summed E-state index contributed by atoms with van der Waals surface area (Å²) in [6.45, 7) is 3.71. The molecule has 1 aromatic heterocycles. The first-order chi connectivity index (χ1) is 8.38. The van der Waals surface area contributed by atoms with Crippen molar-refractivity contribution in [2.45, 2.75) is 25.9 Å². The number of aliphatic hydroxyl groups is 1. The molecule has 0 aliphatic heterocycles. The lowest BCUT2D eigenvalue weighted by Gasteiger charge is -2.24. The number of hydrogen-bond acceptors (Lipinski definition) is 3. The lowest BCUT2D eigenvalue weighted by atomic mass is 9.91. The summed E-state index contributed by atoms with van der Waals surface area (Å²) < 4.78 is 0.900. The van der Waals surface area contributed by atoms with Crippen molar-refractivity contribution < 1.29 is 5.11 Å². The fourth-order valence-corrected chi connectivity index (χ4v) is 3.35. The van der Waals surface area contributed by atoms with Crippen LogP contribution in [-0.4, -0.2) is 10.1 Å². The van der Waals surface area contributed by atoms with E-state index >= 15 is 0 Å². The summed E-state index contributed by atoms with van der Waals surface area (Å²) >= 11 is 11.1. The molecule has 0 saturated heterocycles. The molecule has 1 unspecified atom stereocenters. The normalized spacial score (nSPS) is 14.5. The first kappa shape index (κ1) is 14.0. The van der Waals surface area contributed by atoms with Crippen LogP contribution in [-0.2, 0) is 12.0 Å². The molecule has 2 aromatic rings. The van der Waals surface area contributed by atoms with Crippen molar-refractivity contribution in [1.82, 2.24) is 4.98 Å². The molecule has 1 N–H and O–H groups in total. The molecule has 0 aliphatic rings. The van der Waals surface area contributed by atoms with Gasteiger partial charge in [0.05, 0.1) is 16.3 Å². The minimum absolute atomic E-state index is 0.457. The average Bonchev–Trinajstić information content (AvgIpc) is 2.62. The van der Waals surface area contributed by atoms with Gasteiger partial charge in [0.1, 0.15) is 0 Å². The van der Waals surface area contributed by atoms with Gasteiger partial charge in [0, 0.05) is 26.9 Å². The minimum Gasteiger partial charge on any atom is -0.385 e. The van der Waals surface area contributed by atoms with Crippen LogP contribution in [0.25, 0.3) is 0 Å². The topological polar surface area (TPSA) is 33.1 Å². The predicted molar refractivity (Wildman–Crippen MR) is 79.3 cm³/mol. The largest absolute Gasteiger partial charge is 0.385 e. The highest BCUT2D eigenvalue weighted by Crippen LogP contribution is 2.33. The maximum Gasteiger partial charge on any atom is 0.0938 e. The molecule has 0 bridgehead atoms. The van der Waals surface area contributed by atoms with Crippen molar-refractivity contribution in [1.29, 1.82) is 0 Å². The summed E-state index contributed by atoms with van der Waals surface area (Å²) in [4.78, 5) is 4.37. The van der Waals surface area contributed by atoms with E-state index in [-0.39, 0.29) is 0 Å². The Morgan fingerprint density at radius 1 is 1.50 bits per heavy atom. The van der Waals surface area contributed by atoms with Gasteiger partial charge in [-0.05, 0) is 26.0 Å². The zero-order valence-electron chi connectivity index (χ0n) is 10.1. The van der Waals surface area contributed by atoms with Crippen LogP contribution < -0.4 is 0 Å². The number of thiazole rings is 1. The lowest BCUT2D eigenvalue weighted by Crippen LogP contribution is -2.25. The fourth-order valence-electron chi connectivity index (χ4n) is 1.86. The lowest BCUT2D eigenvalue weighted by molar-refractivity contribution is 0.0568. The van der Waals surface area contributed by atoms with Crippen molar-refractivity contribution >= 4 is 38.9 Å². The van der Waals surface area contributed by atoms with Crippen LogP contribution in [0.15, 0.2) is 28.1 Å². The molecular weight excluding hydrogens is 334 g/mol. The summed E-state index contributed by atoms with van der Waals surface area (Å²) in [5, 5.41) is 14.1. The summed E-state index contributed by atoms with van der Waals surface area (Å²) in [6.07, 6.45) is 0.457. The second-order valence-corrected chi connectivity index (χ2v) is 6.82. The summed E-state index contributed by atoms with van der Waals surface area (Å²) in [5.74, 6) is 0. The third-order valence-corrected chi connectivity index (χ3v) is 4.33. The van der Waals surface area contributed by atoms with Gasteiger partial charge in [-0.2, -0.15) is 0 Å². The van der Waals surface area contributed by atoms with Gasteiger partial charge in [0.2, 0.25) is 0 Å². The molecule has 18 heavy (non-hydrogen) atoms. The Kier molecular flexibility index (Phi) is 4.11. The number of aryl methyl sites for hydroxylation is 1. The first-order valence-electron chi connectivity index (χ1n) is 5.47. The predicted octanol–water partition coefficient (Wildman–Crippen LogP) is 4.32. The molecule has 5 heteroatoms. The van der Waals surface area contributed by atoms with E-state index in [2.05, 4.69) is 20.9 Å². The minimum atomic E-state index is -1.02. The molecule has 1 heterocycles. The summed E-state index contributed by atoms with van der Waals surface area (Å²) in [7, 11) is 0. The van der Waals surface area contributed by atoms with Gasteiger partial charge >= 0.3 is 0 Å². The van der Waals surface area contributed by atoms with Crippen LogP contribution in [0, 0.1) is 6.92 Å². The first-order valence-corrected chi connectivity index (χ1v) is 7.52. The van der Waals surface area contributed by atoms with Gasteiger partial charge in [-0.1, -0.05) is 33.6 Å². The molecule has 0 saturated carbocycles. The van der Waals surface area contributed by atoms with Crippen molar-refractivity contribution in [3.05, 3.63) is 49.3 Å². The molecule has 0 amide bonds. The molecule has 1 atom stereocenters. The quantitative estimate of drug-likeness (QED) is 0.898. The standard InChI is InChI=1S/C13H13BrClNOS/c1-8-16-10(7-18-8)6-13(2,17)11-4-3-9(14)5-12(11)15/h3-5,7,17H,6H2,1-2H3. The zero-order chi connectivity index (χ0) is 13.3. The van der Waals surface area contributed by atoms with Crippen LogP contribution in [0.4, 0.5) is 0 Å². The van der Waals surface area contributed by atoms with Crippen molar-refractivity contribution in [2.24, 2.45) is 0 Å². The Labute approximate surface area is 124 Å². The van der Waals surface area contributed by atoms with E-state index in [4.69, 9.17) is 11.6 Å². The highest BCUT2D eigenvalue weighted by Gasteiger charge is 2.27. The molecule has 96 valence electrons. The van der Waals surface area contributed by atoms with Crippen molar-refractivity contribution in [3.8, 4) is 0 Å². The highest BCUT2D eigenvalue weighted by atomic mass is 79.9. The van der Waals surface area contributed by atoms with Crippen molar-refractivity contribution in [2.75, 3.05) is 0 Å². The van der Waals surface area contributed by atoms with Gasteiger partial charge in [-0.3, -0.25) is 0 Å². The number of benzene rings is 1. The Bertz CT molecular complexity index is 568. The maximum absolute atomic E-state index is 10.6. The van der Waals surface area contributed by atoms with Gasteiger partial charge < -0.3 is 5.11 Å². The monoisotopic (exact) mass is 345 g/mol. The van der Waals surface area contributed by atoms with Crippen LogP contribution in [0.3, 0.4) is 0 Å². The fraction of sp³-hybridized carbons (Fsp3) is 0.308. The van der Waals surface area contributed by atoms with Gasteiger partial charge in [-0.15, -0.1) is 11.3 Å². The SMILES string of the molecule is Cc1nc(CC(C)(O)c2ccc(Br)cc2Cl)cs1. The molecule has 0 aliphatic carbocycles. The van der Waals surface area contributed by atoms with Crippen LogP contribution >= 0.6 is 38.9 Å². The average molecular weight is 347 g/mol. The molecule has 0 spiro atoms.